The number of hydrogen-bond donors (Lipinski definition) is 3. The summed E-state index contributed by atoms with van der Waals surface area (Å²) < 4.78 is 1.93. The minimum Gasteiger partial charge on any atom is -0.508 e. The summed E-state index contributed by atoms with van der Waals surface area (Å²) in [6, 6.07) is 3.80. The molecule has 8 nitrogen and oxygen atoms in total. The Balaban J connectivity index is 1.69. The molecule has 8 heteroatoms. The SMILES string of the molecule is CC(C)NC(=O)c1nnc(-c2cc(C(C)C)c(O)cc2O)n1C1CCC(N2CCCCC2)CC1. The number of amides is 1. The number of nitrogens with zero attached hydrogens (tertiary/aromatic N) is 4. The van der Waals surface area contributed by atoms with Gasteiger partial charge in [-0.3, -0.25) is 9.36 Å². The first-order chi connectivity index (χ1) is 16.3. The van der Waals surface area contributed by atoms with Crippen LogP contribution in [0.4, 0.5) is 0 Å². The van der Waals surface area contributed by atoms with Gasteiger partial charge in [-0.15, -0.1) is 10.2 Å². The maximum Gasteiger partial charge on any atom is 0.289 e. The van der Waals surface area contributed by atoms with Crippen LogP contribution in [0.2, 0.25) is 0 Å². The Morgan fingerprint density at radius 3 is 2.21 bits per heavy atom. The Hall–Kier alpha value is -2.61. The van der Waals surface area contributed by atoms with E-state index in [1.165, 1.54) is 38.4 Å². The second-order valence-electron chi connectivity index (χ2n) is 10.5. The largest absolute Gasteiger partial charge is 0.508 e. The predicted molar refractivity (Wildman–Crippen MR) is 132 cm³/mol. The molecule has 2 aliphatic rings. The molecule has 0 bridgehead atoms. The van der Waals surface area contributed by atoms with Crippen LogP contribution in [0.5, 0.6) is 11.5 Å². The molecule has 4 rings (SSSR count). The predicted octanol–water partition coefficient (Wildman–Crippen LogP) is 4.59. The molecule has 0 radical (unpaired) electrons. The molecule has 0 atom stereocenters. The van der Waals surface area contributed by atoms with Crippen LogP contribution in [0, 0.1) is 0 Å². The van der Waals surface area contributed by atoms with Crippen LogP contribution >= 0.6 is 0 Å². The highest BCUT2D eigenvalue weighted by Gasteiger charge is 2.33. The highest BCUT2D eigenvalue weighted by Crippen LogP contribution is 2.40. The lowest BCUT2D eigenvalue weighted by Crippen LogP contribution is -2.42. The van der Waals surface area contributed by atoms with E-state index >= 15 is 0 Å². The second-order valence-corrected chi connectivity index (χ2v) is 10.5. The molecule has 0 unspecified atom stereocenters. The van der Waals surface area contributed by atoms with Crippen molar-refractivity contribution in [3.63, 3.8) is 0 Å². The molecule has 1 aliphatic heterocycles. The maximum absolute atomic E-state index is 13.0. The number of carbonyl (C=O) groups is 1. The van der Waals surface area contributed by atoms with Gasteiger partial charge in [0.15, 0.2) is 5.82 Å². The summed E-state index contributed by atoms with van der Waals surface area (Å²) in [5.74, 6) is 0.572. The number of likely N-dealkylation sites (tertiary alicyclic amines) is 1. The van der Waals surface area contributed by atoms with Gasteiger partial charge in [0.05, 0.1) is 5.56 Å². The first-order valence-corrected chi connectivity index (χ1v) is 12.8. The summed E-state index contributed by atoms with van der Waals surface area (Å²) in [4.78, 5) is 15.7. The van der Waals surface area contributed by atoms with Crippen LogP contribution in [-0.2, 0) is 0 Å². The molecule has 0 spiro atoms. The van der Waals surface area contributed by atoms with E-state index in [1.54, 1.807) is 6.07 Å². The van der Waals surface area contributed by atoms with Crippen molar-refractivity contribution in [2.45, 2.75) is 96.7 Å². The van der Waals surface area contributed by atoms with Crippen molar-refractivity contribution in [1.29, 1.82) is 0 Å². The first-order valence-electron chi connectivity index (χ1n) is 12.8. The number of aromatic nitrogens is 3. The molecule has 1 aromatic heterocycles. The van der Waals surface area contributed by atoms with Gasteiger partial charge in [0.1, 0.15) is 11.5 Å². The molecule has 1 aliphatic carbocycles. The average molecular weight is 470 g/mol. The van der Waals surface area contributed by atoms with Crippen molar-refractivity contribution in [3.05, 3.63) is 23.5 Å². The topological polar surface area (TPSA) is 104 Å². The standard InChI is InChI=1S/C26H39N5O3/c1-16(2)20-14-21(23(33)15-22(20)32)24-28-29-25(26(34)27-17(3)4)31(24)19-10-8-18(9-11-19)30-12-6-5-7-13-30/h14-19,32-33H,5-13H2,1-4H3,(H,27,34). The normalized spacial score (nSPS) is 21.8. The third-order valence-corrected chi connectivity index (χ3v) is 7.27. The van der Waals surface area contributed by atoms with Crippen molar-refractivity contribution >= 4 is 5.91 Å². The number of phenolic OH excluding ortho intramolecular Hbond substituents is 2. The first kappa shape index (κ1) is 24.5. The van der Waals surface area contributed by atoms with Gasteiger partial charge in [-0.05, 0) is 83.0 Å². The fraction of sp³-hybridized carbons (Fsp3) is 0.654. The van der Waals surface area contributed by atoms with E-state index in [0.29, 0.717) is 17.4 Å². The summed E-state index contributed by atoms with van der Waals surface area (Å²) in [6.07, 6.45) is 7.92. The van der Waals surface area contributed by atoms with E-state index in [9.17, 15) is 15.0 Å². The molecule has 186 valence electrons. The summed E-state index contributed by atoms with van der Waals surface area (Å²) in [5, 5.41) is 32.7. The van der Waals surface area contributed by atoms with Gasteiger partial charge in [-0.25, -0.2) is 0 Å². The van der Waals surface area contributed by atoms with Gasteiger partial charge in [-0.2, -0.15) is 0 Å². The molecule has 1 saturated heterocycles. The highest BCUT2D eigenvalue weighted by atomic mass is 16.3. The Morgan fingerprint density at radius 2 is 1.59 bits per heavy atom. The molecular formula is C26H39N5O3. The zero-order valence-corrected chi connectivity index (χ0v) is 20.9. The zero-order chi connectivity index (χ0) is 24.4. The maximum atomic E-state index is 13.0. The third kappa shape index (κ3) is 5.06. The molecule has 1 amide bonds. The Bertz CT molecular complexity index is 1000. The second kappa shape index (κ2) is 10.3. The minimum absolute atomic E-state index is 0.0226. The summed E-state index contributed by atoms with van der Waals surface area (Å²) in [5.41, 5.74) is 1.22. The van der Waals surface area contributed by atoms with Gasteiger partial charge in [0.2, 0.25) is 5.82 Å². The number of piperidine rings is 1. The van der Waals surface area contributed by atoms with Crippen molar-refractivity contribution in [2.24, 2.45) is 0 Å². The smallest absolute Gasteiger partial charge is 0.289 e. The molecule has 3 N–H and O–H groups in total. The number of hydrogen-bond acceptors (Lipinski definition) is 6. The molecule has 2 fully saturated rings. The molecule has 2 aromatic rings. The van der Waals surface area contributed by atoms with Gasteiger partial charge in [0.25, 0.3) is 5.91 Å². The molecular weight excluding hydrogens is 430 g/mol. The quantitative estimate of drug-likeness (QED) is 0.572. The van der Waals surface area contributed by atoms with Crippen molar-refractivity contribution in [2.75, 3.05) is 13.1 Å². The van der Waals surface area contributed by atoms with Crippen molar-refractivity contribution < 1.29 is 15.0 Å². The van der Waals surface area contributed by atoms with Crippen LogP contribution in [0.25, 0.3) is 11.4 Å². The van der Waals surface area contributed by atoms with Gasteiger partial charge in [-0.1, -0.05) is 20.3 Å². The average Bonchev–Trinajstić information content (AvgIpc) is 3.24. The van der Waals surface area contributed by atoms with Gasteiger partial charge >= 0.3 is 0 Å². The van der Waals surface area contributed by atoms with Crippen molar-refractivity contribution in [3.8, 4) is 22.9 Å². The highest BCUT2D eigenvalue weighted by molar-refractivity contribution is 5.91. The van der Waals surface area contributed by atoms with E-state index in [4.69, 9.17) is 0 Å². The Morgan fingerprint density at radius 1 is 0.941 bits per heavy atom. The summed E-state index contributed by atoms with van der Waals surface area (Å²) in [6.45, 7) is 10.2. The lowest BCUT2D eigenvalue weighted by molar-refractivity contribution is 0.0914. The van der Waals surface area contributed by atoms with Crippen LogP contribution in [0.15, 0.2) is 12.1 Å². The number of benzene rings is 1. The fourth-order valence-electron chi connectivity index (χ4n) is 5.50. The number of phenols is 2. The van der Waals surface area contributed by atoms with E-state index in [0.717, 1.165) is 31.2 Å². The van der Waals surface area contributed by atoms with Crippen LogP contribution in [0.1, 0.15) is 101 Å². The lowest BCUT2D eigenvalue weighted by atomic mass is 9.88. The van der Waals surface area contributed by atoms with E-state index in [1.807, 2.05) is 32.3 Å². The van der Waals surface area contributed by atoms with Gasteiger partial charge < -0.3 is 20.4 Å². The van der Waals surface area contributed by atoms with E-state index < -0.39 is 0 Å². The number of rotatable bonds is 6. The monoisotopic (exact) mass is 469 g/mol. The molecule has 1 aromatic carbocycles. The Labute approximate surface area is 202 Å². The number of aromatic hydroxyl groups is 2. The van der Waals surface area contributed by atoms with Crippen LogP contribution in [0.3, 0.4) is 0 Å². The number of carbonyl (C=O) groups excluding carboxylic acids is 1. The van der Waals surface area contributed by atoms with Gasteiger partial charge in [0, 0.05) is 24.2 Å². The molecule has 34 heavy (non-hydrogen) atoms. The van der Waals surface area contributed by atoms with E-state index in [2.05, 4.69) is 20.4 Å². The summed E-state index contributed by atoms with van der Waals surface area (Å²) >= 11 is 0. The van der Waals surface area contributed by atoms with E-state index in [-0.39, 0.29) is 41.2 Å². The third-order valence-electron chi connectivity index (χ3n) is 7.27. The molecule has 2 heterocycles. The minimum atomic E-state index is -0.255. The van der Waals surface area contributed by atoms with Crippen molar-refractivity contribution in [1.82, 2.24) is 25.0 Å². The Kier molecular flexibility index (Phi) is 7.45. The van der Waals surface area contributed by atoms with Crippen LogP contribution < -0.4 is 5.32 Å². The zero-order valence-electron chi connectivity index (χ0n) is 20.9. The van der Waals surface area contributed by atoms with Crippen LogP contribution in [-0.4, -0.2) is 61.0 Å². The lowest BCUT2D eigenvalue weighted by Gasteiger charge is -2.39. The number of nitrogens with one attached hydrogen (secondary N) is 1. The summed E-state index contributed by atoms with van der Waals surface area (Å²) in [7, 11) is 0. The molecule has 1 saturated carbocycles. The fourth-order valence-corrected chi connectivity index (χ4v) is 5.50.